The first kappa shape index (κ1) is 38.2. The number of ether oxygens (including phenoxy) is 1. The fourth-order valence-electron chi connectivity index (χ4n) is 10.5. The summed E-state index contributed by atoms with van der Waals surface area (Å²) < 4.78 is 43.2. The SMILES string of the molecule is Cn1nc(N2CCC(=O)NC2=O)c2cc(F)c(N3CC4(CC(N5CCC6(CC5)CC(n5cnc7ccc(Oc8c(F)ccc(NSC9CC9)c8C#N)cc7c5=O)C6)C4)C3)cc21. The zero-order valence-electron chi connectivity index (χ0n) is 33.6. The highest BCUT2D eigenvalue weighted by atomic mass is 32.2. The fourth-order valence-corrected chi connectivity index (χ4v) is 11.3. The number of rotatable bonds is 9. The molecular weight excluding hydrogens is 803 g/mol. The standard InChI is InChI=1S/C44H44F2N10O4S/c1-52-36-16-37(33(46)15-30(36)40(50-52)55-11-8-38(57)49-42(55)59)54-22-44(23-54)17-25(18-44)53-12-9-43(10-13-53)19-26(20-43)56-24-48-34-6-2-27(14-29(34)41(56)58)60-39-31(21-47)35(7-5-32(39)45)51-61-28-3-4-28/h2,5-7,14-16,24-26,28,51H,3-4,8-13,17-20,22-23H2,1H3,(H,49,57,59). The number of halogens is 2. The van der Waals surface area contributed by atoms with Crippen molar-refractivity contribution in [1.29, 1.82) is 5.26 Å². The summed E-state index contributed by atoms with van der Waals surface area (Å²) in [6, 6.07) is 13.1. The van der Waals surface area contributed by atoms with Gasteiger partial charge in [-0.15, -0.1) is 0 Å². The number of urea groups is 1. The lowest BCUT2D eigenvalue weighted by atomic mass is 9.57. The molecule has 5 aromatic rings. The van der Waals surface area contributed by atoms with Crippen molar-refractivity contribution < 1.29 is 23.1 Å². The van der Waals surface area contributed by atoms with Crippen molar-refractivity contribution in [3.8, 4) is 17.6 Å². The molecule has 3 aromatic carbocycles. The third-order valence-corrected chi connectivity index (χ3v) is 15.2. The van der Waals surface area contributed by atoms with Gasteiger partial charge in [0.2, 0.25) is 5.91 Å². The molecule has 3 saturated heterocycles. The van der Waals surface area contributed by atoms with Gasteiger partial charge in [0.1, 0.15) is 23.2 Å². The maximum Gasteiger partial charge on any atom is 0.329 e. The summed E-state index contributed by atoms with van der Waals surface area (Å²) in [5.41, 5.74) is 2.60. The van der Waals surface area contributed by atoms with Crippen molar-refractivity contribution >= 4 is 62.9 Å². The van der Waals surface area contributed by atoms with Gasteiger partial charge in [0, 0.05) is 61.2 Å². The Morgan fingerprint density at radius 2 is 1.70 bits per heavy atom. The summed E-state index contributed by atoms with van der Waals surface area (Å²) in [5.74, 6) is -0.903. The molecule has 314 valence electrons. The molecule has 3 saturated carbocycles. The topological polar surface area (TPSA) is 154 Å². The van der Waals surface area contributed by atoms with Crippen molar-refractivity contribution in [2.24, 2.45) is 17.9 Å². The molecule has 2 spiro atoms. The molecule has 2 N–H and O–H groups in total. The highest BCUT2D eigenvalue weighted by Crippen LogP contribution is 2.57. The van der Waals surface area contributed by atoms with Gasteiger partial charge in [-0.3, -0.25) is 29.1 Å². The maximum absolute atomic E-state index is 15.7. The van der Waals surface area contributed by atoms with E-state index < -0.39 is 11.8 Å². The number of hydrogen-bond donors (Lipinski definition) is 2. The van der Waals surface area contributed by atoms with Crippen molar-refractivity contribution in [2.75, 3.05) is 47.2 Å². The maximum atomic E-state index is 15.7. The van der Waals surface area contributed by atoms with Gasteiger partial charge in [-0.1, -0.05) is 0 Å². The van der Waals surface area contributed by atoms with Crippen LogP contribution in [0.5, 0.6) is 11.5 Å². The molecule has 3 aliphatic heterocycles. The number of likely N-dealkylation sites (tertiary alicyclic amines) is 1. The second kappa shape index (κ2) is 14.2. The number of nitriles is 1. The van der Waals surface area contributed by atoms with Crippen molar-refractivity contribution in [1.82, 2.24) is 29.5 Å². The van der Waals surface area contributed by atoms with E-state index in [1.165, 1.54) is 29.0 Å². The van der Waals surface area contributed by atoms with E-state index in [0.29, 0.717) is 44.8 Å². The highest BCUT2D eigenvalue weighted by molar-refractivity contribution is 8.01. The molecule has 6 aliphatic rings. The molecule has 6 fully saturated rings. The normalized spacial score (nSPS) is 21.3. The molecule has 3 amide bonds. The number of amides is 3. The van der Waals surface area contributed by atoms with Gasteiger partial charge in [0.25, 0.3) is 5.56 Å². The number of imide groups is 1. The van der Waals surface area contributed by atoms with Gasteiger partial charge in [0.15, 0.2) is 17.4 Å². The first-order chi connectivity index (χ1) is 29.5. The summed E-state index contributed by atoms with van der Waals surface area (Å²) in [7, 11) is 1.78. The number of aromatic nitrogens is 4. The minimum absolute atomic E-state index is 0.0512. The largest absolute Gasteiger partial charge is 0.453 e. The second-order valence-corrected chi connectivity index (χ2v) is 19.2. The van der Waals surface area contributed by atoms with Gasteiger partial charge in [0.05, 0.1) is 34.1 Å². The van der Waals surface area contributed by atoms with E-state index in [1.54, 1.807) is 46.9 Å². The highest BCUT2D eigenvalue weighted by Gasteiger charge is 2.56. The summed E-state index contributed by atoms with van der Waals surface area (Å²) >= 11 is 1.52. The second-order valence-electron chi connectivity index (χ2n) is 18.1. The molecule has 5 heterocycles. The van der Waals surface area contributed by atoms with E-state index in [4.69, 9.17) is 4.74 Å². The van der Waals surface area contributed by atoms with Gasteiger partial charge in [-0.05, 0) is 124 Å². The lowest BCUT2D eigenvalue weighted by Crippen LogP contribution is -2.67. The Bertz CT molecular complexity index is 2750. The van der Waals surface area contributed by atoms with Crippen LogP contribution in [-0.4, -0.2) is 80.2 Å². The number of carbonyl (C=O) groups is 2. The molecule has 0 radical (unpaired) electrons. The molecule has 11 rings (SSSR count). The van der Waals surface area contributed by atoms with Crippen LogP contribution in [0, 0.1) is 33.8 Å². The van der Waals surface area contributed by atoms with Crippen molar-refractivity contribution in [3.63, 3.8) is 0 Å². The molecule has 17 heteroatoms. The fraction of sp³-hybridized carbons (Fsp3) is 0.455. The van der Waals surface area contributed by atoms with Crippen molar-refractivity contribution in [3.05, 3.63) is 76.3 Å². The van der Waals surface area contributed by atoms with Gasteiger partial charge in [-0.25, -0.2) is 18.6 Å². The number of benzene rings is 3. The number of nitrogens with one attached hydrogen (secondary N) is 2. The third kappa shape index (κ3) is 6.57. The Kier molecular flexibility index (Phi) is 8.87. The zero-order chi connectivity index (χ0) is 41.8. The Morgan fingerprint density at radius 1 is 0.934 bits per heavy atom. The monoisotopic (exact) mass is 846 g/mol. The Labute approximate surface area is 353 Å². The first-order valence-electron chi connectivity index (χ1n) is 21.1. The smallest absolute Gasteiger partial charge is 0.329 e. The van der Waals surface area contributed by atoms with E-state index in [0.717, 1.165) is 83.1 Å². The van der Waals surface area contributed by atoms with Gasteiger partial charge < -0.3 is 19.3 Å². The summed E-state index contributed by atoms with van der Waals surface area (Å²) in [6.07, 6.45) is 10.2. The van der Waals surface area contributed by atoms with E-state index in [2.05, 4.69) is 36.0 Å². The van der Waals surface area contributed by atoms with E-state index in [9.17, 15) is 19.6 Å². The van der Waals surface area contributed by atoms with Crippen LogP contribution in [0.4, 0.5) is 30.8 Å². The summed E-state index contributed by atoms with van der Waals surface area (Å²) in [5, 5.41) is 18.2. The minimum Gasteiger partial charge on any atom is -0.453 e. The lowest BCUT2D eigenvalue weighted by molar-refractivity contribution is -0.120. The number of hydrogen-bond acceptors (Lipinski definition) is 11. The Hall–Kier alpha value is -5.73. The molecule has 0 bridgehead atoms. The van der Waals surface area contributed by atoms with Crippen LogP contribution in [-0.2, 0) is 11.8 Å². The zero-order valence-corrected chi connectivity index (χ0v) is 34.4. The van der Waals surface area contributed by atoms with E-state index >= 15 is 8.78 Å². The predicted octanol–water partition coefficient (Wildman–Crippen LogP) is 6.98. The number of aryl methyl sites for hydroxylation is 1. The third-order valence-electron chi connectivity index (χ3n) is 14.1. The van der Waals surface area contributed by atoms with E-state index in [1.807, 2.05) is 6.07 Å². The number of fused-ring (bicyclic) bond motifs is 2. The predicted molar refractivity (Wildman–Crippen MR) is 227 cm³/mol. The molecule has 0 unspecified atom stereocenters. The van der Waals surface area contributed by atoms with Crippen LogP contribution in [0.25, 0.3) is 21.8 Å². The van der Waals surface area contributed by atoms with Crippen LogP contribution in [0.3, 0.4) is 0 Å². The molecule has 0 atom stereocenters. The average Bonchev–Trinajstić information content (AvgIpc) is 3.99. The van der Waals surface area contributed by atoms with Crippen LogP contribution in [0.2, 0.25) is 0 Å². The molecule has 3 aliphatic carbocycles. The first-order valence-corrected chi connectivity index (χ1v) is 22.0. The Morgan fingerprint density at radius 3 is 2.44 bits per heavy atom. The van der Waals surface area contributed by atoms with Crippen LogP contribution in [0.15, 0.2) is 53.6 Å². The molecule has 14 nitrogen and oxygen atoms in total. The molecular formula is C44H44F2N10O4S. The van der Waals surface area contributed by atoms with Gasteiger partial charge >= 0.3 is 6.03 Å². The van der Waals surface area contributed by atoms with Crippen molar-refractivity contribution in [2.45, 2.75) is 75.1 Å². The van der Waals surface area contributed by atoms with Crippen LogP contribution in [0.1, 0.15) is 69.4 Å². The quantitative estimate of drug-likeness (QED) is 0.148. The number of piperidine rings is 1. The minimum atomic E-state index is -0.657. The molecule has 2 aromatic heterocycles. The van der Waals surface area contributed by atoms with E-state index in [-0.39, 0.29) is 64.2 Å². The average molecular weight is 847 g/mol. The molecule has 61 heavy (non-hydrogen) atoms. The Balaban J connectivity index is 0.695. The summed E-state index contributed by atoms with van der Waals surface area (Å²) in [6.45, 7) is 3.85. The lowest BCUT2D eigenvalue weighted by Gasteiger charge is -2.63. The number of anilines is 3. The van der Waals surface area contributed by atoms with Crippen LogP contribution < -0.4 is 30.1 Å². The number of nitrogens with zero attached hydrogens (tertiary/aromatic N) is 8. The number of carbonyl (C=O) groups excluding carboxylic acids is 2. The van der Waals surface area contributed by atoms with Crippen LogP contribution >= 0.6 is 11.9 Å². The summed E-state index contributed by atoms with van der Waals surface area (Å²) in [4.78, 5) is 48.8. The van der Waals surface area contributed by atoms with Gasteiger partial charge in [-0.2, -0.15) is 10.4 Å².